The highest BCUT2D eigenvalue weighted by molar-refractivity contribution is 6.30. The number of carbonyl (C=O) groups is 2. The highest BCUT2D eigenvalue weighted by atomic mass is 35.5. The van der Waals surface area contributed by atoms with E-state index >= 15 is 0 Å². The fourth-order valence-corrected chi connectivity index (χ4v) is 4.04. The third-order valence-electron chi connectivity index (χ3n) is 5.28. The molecule has 7 nitrogen and oxygen atoms in total. The van der Waals surface area contributed by atoms with Crippen LogP contribution in [-0.2, 0) is 22.4 Å². The molecule has 0 spiro atoms. The number of nitrogens with one attached hydrogen (secondary N) is 1. The maximum absolute atomic E-state index is 13.0. The van der Waals surface area contributed by atoms with Crippen LogP contribution in [0.15, 0.2) is 28.8 Å². The molecule has 1 atom stereocenters. The topological polar surface area (TPSA) is 78.7 Å². The molecule has 1 N–H and O–H groups in total. The second kappa shape index (κ2) is 7.83. The molecule has 0 saturated carbocycles. The molecule has 0 aliphatic carbocycles. The highest BCUT2D eigenvalue weighted by Crippen LogP contribution is 2.29. The van der Waals surface area contributed by atoms with Crippen molar-refractivity contribution in [3.63, 3.8) is 0 Å². The van der Waals surface area contributed by atoms with Crippen molar-refractivity contribution >= 4 is 29.1 Å². The first-order valence-electron chi connectivity index (χ1n) is 9.53. The average Bonchev–Trinajstić information content (AvgIpc) is 3.18. The molecular formula is C20H23ClN4O3. The Balaban J connectivity index is 1.34. The Hall–Kier alpha value is -2.54. The molecule has 1 saturated heterocycles. The molecule has 3 heterocycles. The molecule has 4 rings (SSSR count). The lowest BCUT2D eigenvalue weighted by molar-refractivity contribution is -0.133. The van der Waals surface area contributed by atoms with E-state index in [1.807, 2.05) is 34.9 Å². The lowest BCUT2D eigenvalue weighted by Gasteiger charge is -2.24. The summed E-state index contributed by atoms with van der Waals surface area (Å²) in [5.41, 5.74) is 2.80. The van der Waals surface area contributed by atoms with Gasteiger partial charge in [0.05, 0.1) is 12.1 Å². The van der Waals surface area contributed by atoms with E-state index in [9.17, 15) is 9.59 Å². The summed E-state index contributed by atoms with van der Waals surface area (Å²) in [6.07, 6.45) is 1.60. The smallest absolute Gasteiger partial charge is 0.245 e. The van der Waals surface area contributed by atoms with Gasteiger partial charge in [0.15, 0.2) is 0 Å². The van der Waals surface area contributed by atoms with Crippen LogP contribution in [0.4, 0.5) is 5.69 Å². The van der Waals surface area contributed by atoms with Gasteiger partial charge < -0.3 is 19.6 Å². The van der Waals surface area contributed by atoms with E-state index in [4.69, 9.17) is 16.1 Å². The number of rotatable bonds is 3. The predicted octanol–water partition coefficient (Wildman–Crippen LogP) is 2.28. The standard InChI is InChI=1S/C20H23ClN4O3/c1-13-9-16(28-23-13)12-19(26)24-5-2-6-25(8-7-24)20(27)18-11-14-10-15(21)3-4-17(14)22-18/h3-4,9-10,18,22H,2,5-8,11-12H2,1H3. The van der Waals surface area contributed by atoms with E-state index in [2.05, 4.69) is 10.5 Å². The maximum Gasteiger partial charge on any atom is 0.245 e. The number of aromatic nitrogens is 1. The Labute approximate surface area is 168 Å². The Bertz CT molecular complexity index is 897. The largest absolute Gasteiger partial charge is 0.373 e. The fourth-order valence-electron chi connectivity index (χ4n) is 3.85. The summed E-state index contributed by atoms with van der Waals surface area (Å²) < 4.78 is 5.14. The van der Waals surface area contributed by atoms with Gasteiger partial charge in [-0.1, -0.05) is 16.8 Å². The van der Waals surface area contributed by atoms with Crippen LogP contribution in [-0.4, -0.2) is 59.0 Å². The molecular weight excluding hydrogens is 380 g/mol. The average molecular weight is 403 g/mol. The molecule has 1 unspecified atom stereocenters. The molecule has 0 radical (unpaired) electrons. The summed E-state index contributed by atoms with van der Waals surface area (Å²) in [7, 11) is 0. The first-order valence-corrected chi connectivity index (χ1v) is 9.91. The number of benzene rings is 1. The van der Waals surface area contributed by atoms with Crippen LogP contribution < -0.4 is 5.32 Å². The van der Waals surface area contributed by atoms with Gasteiger partial charge in [0.1, 0.15) is 11.8 Å². The molecule has 1 fully saturated rings. The van der Waals surface area contributed by atoms with Gasteiger partial charge in [0.25, 0.3) is 0 Å². The Kier molecular flexibility index (Phi) is 5.26. The van der Waals surface area contributed by atoms with Crippen LogP contribution in [0.2, 0.25) is 5.02 Å². The van der Waals surface area contributed by atoms with Crippen LogP contribution in [0.25, 0.3) is 0 Å². The fraction of sp³-hybridized carbons (Fsp3) is 0.450. The minimum absolute atomic E-state index is 0.00601. The Morgan fingerprint density at radius 1 is 1.21 bits per heavy atom. The molecule has 2 aromatic rings. The van der Waals surface area contributed by atoms with Crippen molar-refractivity contribution in [2.75, 3.05) is 31.5 Å². The van der Waals surface area contributed by atoms with Crippen molar-refractivity contribution in [2.45, 2.75) is 32.2 Å². The van der Waals surface area contributed by atoms with Gasteiger partial charge in [-0.25, -0.2) is 0 Å². The van der Waals surface area contributed by atoms with Crippen LogP contribution in [0.5, 0.6) is 0 Å². The van der Waals surface area contributed by atoms with Gasteiger partial charge in [0.2, 0.25) is 11.8 Å². The van der Waals surface area contributed by atoms with Crippen LogP contribution in [0, 0.1) is 6.92 Å². The summed E-state index contributed by atoms with van der Waals surface area (Å²) in [5, 5.41) is 7.80. The number of hydrogen-bond acceptors (Lipinski definition) is 5. The number of halogens is 1. The zero-order valence-corrected chi connectivity index (χ0v) is 16.5. The van der Waals surface area contributed by atoms with Crippen molar-refractivity contribution < 1.29 is 14.1 Å². The minimum atomic E-state index is -0.270. The number of hydrogen-bond donors (Lipinski definition) is 1. The van der Waals surface area contributed by atoms with Crippen molar-refractivity contribution in [3.05, 3.63) is 46.3 Å². The zero-order valence-electron chi connectivity index (χ0n) is 15.8. The first-order chi connectivity index (χ1) is 13.5. The molecule has 8 heteroatoms. The van der Waals surface area contributed by atoms with Gasteiger partial charge in [-0.3, -0.25) is 9.59 Å². The minimum Gasteiger partial charge on any atom is -0.373 e. The summed E-state index contributed by atoms with van der Waals surface area (Å²) in [5.74, 6) is 0.658. The number of anilines is 1. The maximum atomic E-state index is 13.0. The van der Waals surface area contributed by atoms with Gasteiger partial charge in [-0.05, 0) is 37.1 Å². The highest BCUT2D eigenvalue weighted by Gasteiger charge is 2.31. The van der Waals surface area contributed by atoms with Crippen molar-refractivity contribution in [1.82, 2.24) is 15.0 Å². The normalized spacial score (nSPS) is 19.1. The van der Waals surface area contributed by atoms with E-state index in [1.54, 1.807) is 6.07 Å². The first kappa shape index (κ1) is 18.8. The molecule has 28 heavy (non-hydrogen) atoms. The number of amides is 2. The molecule has 1 aromatic heterocycles. The molecule has 2 aliphatic rings. The number of carbonyl (C=O) groups excluding carboxylic acids is 2. The zero-order chi connectivity index (χ0) is 19.7. The monoisotopic (exact) mass is 402 g/mol. The predicted molar refractivity (Wildman–Crippen MR) is 105 cm³/mol. The van der Waals surface area contributed by atoms with E-state index in [0.717, 1.165) is 23.4 Å². The van der Waals surface area contributed by atoms with Crippen molar-refractivity contribution in [1.29, 1.82) is 0 Å². The van der Waals surface area contributed by atoms with Crippen molar-refractivity contribution in [2.24, 2.45) is 0 Å². The van der Waals surface area contributed by atoms with E-state index in [1.165, 1.54) is 0 Å². The molecule has 0 bridgehead atoms. The summed E-state index contributed by atoms with van der Waals surface area (Å²) >= 11 is 6.05. The van der Waals surface area contributed by atoms with Gasteiger partial charge >= 0.3 is 0 Å². The lowest BCUT2D eigenvalue weighted by Crippen LogP contribution is -2.44. The second-order valence-electron chi connectivity index (χ2n) is 7.37. The van der Waals surface area contributed by atoms with E-state index in [0.29, 0.717) is 43.4 Å². The van der Waals surface area contributed by atoms with Crippen LogP contribution in [0.1, 0.15) is 23.4 Å². The SMILES string of the molecule is Cc1cc(CC(=O)N2CCCN(C(=O)C3Cc4cc(Cl)ccc4N3)CC2)on1. The number of aryl methyl sites for hydroxylation is 1. The molecule has 2 amide bonds. The van der Waals surface area contributed by atoms with Gasteiger partial charge in [-0.15, -0.1) is 0 Å². The number of fused-ring (bicyclic) bond motifs is 1. The van der Waals surface area contributed by atoms with Crippen molar-refractivity contribution in [3.8, 4) is 0 Å². The molecule has 148 valence electrons. The van der Waals surface area contributed by atoms with Crippen LogP contribution in [0.3, 0.4) is 0 Å². The van der Waals surface area contributed by atoms with Gasteiger partial charge in [-0.2, -0.15) is 0 Å². The van der Waals surface area contributed by atoms with Gasteiger partial charge in [0, 0.05) is 49.4 Å². The number of nitrogens with zero attached hydrogens (tertiary/aromatic N) is 3. The summed E-state index contributed by atoms with van der Waals surface area (Å²) in [6.45, 7) is 4.19. The second-order valence-corrected chi connectivity index (χ2v) is 7.81. The summed E-state index contributed by atoms with van der Waals surface area (Å²) in [6, 6.07) is 7.16. The van der Waals surface area contributed by atoms with E-state index < -0.39 is 0 Å². The quantitative estimate of drug-likeness (QED) is 0.852. The Morgan fingerprint density at radius 2 is 2.00 bits per heavy atom. The van der Waals surface area contributed by atoms with E-state index in [-0.39, 0.29) is 24.3 Å². The third-order valence-corrected chi connectivity index (χ3v) is 5.52. The third kappa shape index (κ3) is 3.99. The lowest BCUT2D eigenvalue weighted by atomic mass is 10.1. The molecule has 1 aromatic carbocycles. The van der Waals surface area contributed by atoms with Crippen LogP contribution >= 0.6 is 11.6 Å². The summed E-state index contributed by atoms with van der Waals surface area (Å²) in [4.78, 5) is 29.2. The Morgan fingerprint density at radius 3 is 2.79 bits per heavy atom. The molecule has 2 aliphatic heterocycles.